The molecule has 0 amide bonds. The summed E-state index contributed by atoms with van der Waals surface area (Å²) in [5.41, 5.74) is 2.35. The Bertz CT molecular complexity index is 640. The Balaban J connectivity index is 1.82. The average molecular weight is 299 g/mol. The molecule has 0 N–H and O–H groups in total. The zero-order valence-corrected chi connectivity index (χ0v) is 13.1. The van der Waals surface area contributed by atoms with Gasteiger partial charge in [0.05, 0.1) is 7.11 Å². The number of rotatable bonds is 3. The van der Waals surface area contributed by atoms with Crippen LogP contribution in [0.2, 0.25) is 0 Å². The SMILES string of the molecule is COc1ccc(/C=C2/N=C(C3CCCCC3)OC2=O)cc1C. The average Bonchev–Trinajstić information content (AvgIpc) is 2.89. The summed E-state index contributed by atoms with van der Waals surface area (Å²) in [5.74, 6) is 1.42. The van der Waals surface area contributed by atoms with Gasteiger partial charge in [-0.2, -0.15) is 0 Å². The molecule has 1 aromatic carbocycles. The maximum absolute atomic E-state index is 12.0. The first-order chi connectivity index (χ1) is 10.7. The van der Waals surface area contributed by atoms with Gasteiger partial charge in [0.15, 0.2) is 5.70 Å². The highest BCUT2D eigenvalue weighted by Crippen LogP contribution is 2.29. The second-order valence-corrected chi connectivity index (χ2v) is 5.93. The number of benzene rings is 1. The largest absolute Gasteiger partial charge is 0.496 e. The van der Waals surface area contributed by atoms with Crippen LogP contribution in [0.15, 0.2) is 28.9 Å². The Morgan fingerprint density at radius 3 is 2.73 bits per heavy atom. The Morgan fingerprint density at radius 1 is 1.27 bits per heavy atom. The number of cyclic esters (lactones) is 1. The van der Waals surface area contributed by atoms with Crippen molar-refractivity contribution in [2.75, 3.05) is 7.11 Å². The molecule has 116 valence electrons. The third-order valence-electron chi connectivity index (χ3n) is 4.31. The molecule has 1 saturated carbocycles. The lowest BCUT2D eigenvalue weighted by Crippen LogP contribution is -2.19. The van der Waals surface area contributed by atoms with Crippen molar-refractivity contribution in [1.82, 2.24) is 0 Å². The maximum atomic E-state index is 12.0. The molecule has 4 heteroatoms. The standard InChI is InChI=1S/C18H21NO3/c1-12-10-13(8-9-16(12)21-2)11-15-18(20)22-17(19-15)14-6-4-3-5-7-14/h8-11,14H,3-7H2,1-2H3/b15-11+. The van der Waals surface area contributed by atoms with E-state index < -0.39 is 0 Å². The van der Waals surface area contributed by atoms with Crippen LogP contribution in [-0.2, 0) is 9.53 Å². The molecule has 1 aromatic rings. The zero-order valence-electron chi connectivity index (χ0n) is 13.1. The molecule has 0 saturated heterocycles. The van der Waals surface area contributed by atoms with E-state index >= 15 is 0 Å². The summed E-state index contributed by atoms with van der Waals surface area (Å²) in [4.78, 5) is 16.4. The second-order valence-electron chi connectivity index (χ2n) is 5.93. The van der Waals surface area contributed by atoms with Crippen molar-refractivity contribution in [2.45, 2.75) is 39.0 Å². The van der Waals surface area contributed by atoms with Crippen LogP contribution < -0.4 is 4.74 Å². The Hall–Kier alpha value is -2.10. The van der Waals surface area contributed by atoms with Gasteiger partial charge in [0, 0.05) is 5.92 Å². The number of aryl methyl sites for hydroxylation is 1. The minimum absolute atomic E-state index is 0.307. The Morgan fingerprint density at radius 2 is 2.05 bits per heavy atom. The van der Waals surface area contributed by atoms with Gasteiger partial charge in [-0.05, 0) is 49.1 Å². The summed E-state index contributed by atoms with van der Waals surface area (Å²) >= 11 is 0. The van der Waals surface area contributed by atoms with E-state index in [2.05, 4.69) is 4.99 Å². The van der Waals surface area contributed by atoms with Gasteiger partial charge >= 0.3 is 5.97 Å². The third-order valence-corrected chi connectivity index (χ3v) is 4.31. The van der Waals surface area contributed by atoms with Crippen LogP contribution in [-0.4, -0.2) is 19.0 Å². The monoisotopic (exact) mass is 299 g/mol. The van der Waals surface area contributed by atoms with E-state index in [1.165, 1.54) is 19.3 Å². The van der Waals surface area contributed by atoms with Gasteiger partial charge in [0.1, 0.15) is 5.75 Å². The molecule has 1 fully saturated rings. The number of hydrogen-bond acceptors (Lipinski definition) is 4. The van der Waals surface area contributed by atoms with Gasteiger partial charge in [-0.25, -0.2) is 9.79 Å². The fourth-order valence-corrected chi connectivity index (χ4v) is 3.10. The lowest BCUT2D eigenvalue weighted by Gasteiger charge is -2.19. The van der Waals surface area contributed by atoms with Crippen molar-refractivity contribution in [3.63, 3.8) is 0 Å². The number of ether oxygens (including phenoxy) is 2. The van der Waals surface area contributed by atoms with Crippen LogP contribution in [0.3, 0.4) is 0 Å². The first-order valence-electron chi connectivity index (χ1n) is 7.84. The van der Waals surface area contributed by atoms with E-state index in [9.17, 15) is 4.79 Å². The minimum atomic E-state index is -0.339. The van der Waals surface area contributed by atoms with E-state index in [-0.39, 0.29) is 5.97 Å². The van der Waals surface area contributed by atoms with Crippen LogP contribution in [0, 0.1) is 12.8 Å². The fraction of sp³-hybridized carbons (Fsp3) is 0.444. The third kappa shape index (κ3) is 3.06. The molecule has 0 spiro atoms. The summed E-state index contributed by atoms with van der Waals surface area (Å²) in [6, 6.07) is 5.79. The minimum Gasteiger partial charge on any atom is -0.496 e. The van der Waals surface area contributed by atoms with Crippen LogP contribution in [0.1, 0.15) is 43.2 Å². The van der Waals surface area contributed by atoms with Crippen molar-refractivity contribution in [1.29, 1.82) is 0 Å². The molecule has 0 unspecified atom stereocenters. The van der Waals surface area contributed by atoms with Crippen molar-refractivity contribution >= 4 is 17.9 Å². The Kier molecular flexibility index (Phi) is 4.27. The number of hydrogen-bond donors (Lipinski definition) is 0. The molecular weight excluding hydrogens is 278 g/mol. The highest BCUT2D eigenvalue weighted by Gasteiger charge is 2.30. The van der Waals surface area contributed by atoms with Crippen molar-refractivity contribution < 1.29 is 14.3 Å². The molecule has 1 aliphatic carbocycles. The number of nitrogens with zero attached hydrogens (tertiary/aromatic N) is 1. The first kappa shape index (κ1) is 14.8. The molecule has 1 aliphatic heterocycles. The summed E-state index contributed by atoms with van der Waals surface area (Å²) < 4.78 is 10.6. The second kappa shape index (κ2) is 6.34. The van der Waals surface area contributed by atoms with Crippen molar-refractivity contribution in [2.24, 2.45) is 10.9 Å². The smallest absolute Gasteiger partial charge is 0.363 e. The summed E-state index contributed by atoms with van der Waals surface area (Å²) in [6.45, 7) is 1.98. The number of methoxy groups -OCH3 is 1. The van der Waals surface area contributed by atoms with E-state index in [1.807, 2.05) is 25.1 Å². The van der Waals surface area contributed by atoms with Gasteiger partial charge in [-0.3, -0.25) is 0 Å². The van der Waals surface area contributed by atoms with Gasteiger partial charge < -0.3 is 9.47 Å². The zero-order chi connectivity index (χ0) is 15.5. The van der Waals surface area contributed by atoms with Crippen LogP contribution in [0.5, 0.6) is 5.75 Å². The molecule has 0 atom stereocenters. The molecule has 0 radical (unpaired) electrons. The van der Waals surface area contributed by atoms with Gasteiger partial charge in [-0.15, -0.1) is 0 Å². The van der Waals surface area contributed by atoms with E-state index in [0.717, 1.165) is 29.7 Å². The van der Waals surface area contributed by atoms with Crippen LogP contribution >= 0.6 is 0 Å². The molecule has 22 heavy (non-hydrogen) atoms. The highest BCUT2D eigenvalue weighted by molar-refractivity contribution is 6.07. The maximum Gasteiger partial charge on any atom is 0.363 e. The first-order valence-corrected chi connectivity index (χ1v) is 7.84. The fourth-order valence-electron chi connectivity index (χ4n) is 3.10. The van der Waals surface area contributed by atoms with E-state index in [4.69, 9.17) is 9.47 Å². The predicted octanol–water partition coefficient (Wildman–Crippen LogP) is 3.88. The van der Waals surface area contributed by atoms with Crippen molar-refractivity contribution in [3.05, 3.63) is 35.0 Å². The molecule has 2 aliphatic rings. The van der Waals surface area contributed by atoms with Crippen LogP contribution in [0.25, 0.3) is 6.08 Å². The van der Waals surface area contributed by atoms with Gasteiger partial charge in [0.25, 0.3) is 0 Å². The van der Waals surface area contributed by atoms with E-state index in [1.54, 1.807) is 13.2 Å². The normalized spacial score (nSPS) is 20.9. The number of aliphatic imine (C=N–C) groups is 1. The summed E-state index contributed by atoms with van der Waals surface area (Å²) in [7, 11) is 1.65. The van der Waals surface area contributed by atoms with E-state index in [0.29, 0.717) is 17.5 Å². The number of esters is 1. The molecule has 3 rings (SSSR count). The number of carbonyl (C=O) groups excluding carboxylic acids is 1. The molecular formula is C18H21NO3. The molecule has 4 nitrogen and oxygen atoms in total. The predicted molar refractivity (Wildman–Crippen MR) is 85.8 cm³/mol. The quantitative estimate of drug-likeness (QED) is 0.628. The molecule has 1 heterocycles. The van der Waals surface area contributed by atoms with Gasteiger partial charge in [-0.1, -0.05) is 25.3 Å². The highest BCUT2D eigenvalue weighted by atomic mass is 16.6. The topological polar surface area (TPSA) is 47.9 Å². The Labute approximate surface area is 130 Å². The molecule has 0 aromatic heterocycles. The lowest BCUT2D eigenvalue weighted by molar-refractivity contribution is -0.130. The number of carbonyl (C=O) groups is 1. The summed E-state index contributed by atoms with van der Waals surface area (Å²) in [5, 5.41) is 0. The lowest BCUT2D eigenvalue weighted by atomic mass is 9.89. The van der Waals surface area contributed by atoms with Gasteiger partial charge in [0.2, 0.25) is 5.90 Å². The molecule has 0 bridgehead atoms. The summed E-state index contributed by atoms with van der Waals surface area (Å²) in [6.07, 6.45) is 7.58. The van der Waals surface area contributed by atoms with Crippen molar-refractivity contribution in [3.8, 4) is 5.75 Å². The van der Waals surface area contributed by atoms with Crippen LogP contribution in [0.4, 0.5) is 0 Å².